The standard InChI is InChI=1S/C10H20N4O2/c1-8(2)7-13-3-5-14(6-4-13)10(16)9(15)12-11/h8H,3-7,11H2,1-2H3,(H,12,15). The van der Waals surface area contributed by atoms with E-state index in [0.29, 0.717) is 19.0 Å². The molecule has 6 heteroatoms. The summed E-state index contributed by atoms with van der Waals surface area (Å²) >= 11 is 0. The monoisotopic (exact) mass is 228 g/mol. The molecular weight excluding hydrogens is 208 g/mol. The van der Waals surface area contributed by atoms with Crippen molar-refractivity contribution in [3.05, 3.63) is 0 Å². The third kappa shape index (κ3) is 3.46. The van der Waals surface area contributed by atoms with Crippen molar-refractivity contribution in [2.45, 2.75) is 13.8 Å². The maximum atomic E-state index is 11.5. The fourth-order valence-corrected chi connectivity index (χ4v) is 1.86. The second kappa shape index (κ2) is 5.81. The molecular formula is C10H20N4O2. The number of rotatable bonds is 2. The summed E-state index contributed by atoms with van der Waals surface area (Å²) in [6.45, 7) is 8.20. The second-order valence-electron chi connectivity index (χ2n) is 4.46. The first-order chi connectivity index (χ1) is 7.54. The number of nitrogens with zero attached hydrogens (tertiary/aromatic N) is 2. The van der Waals surface area contributed by atoms with Crippen molar-refractivity contribution >= 4 is 11.8 Å². The Morgan fingerprint density at radius 1 is 1.25 bits per heavy atom. The van der Waals surface area contributed by atoms with Gasteiger partial charge in [0.1, 0.15) is 0 Å². The lowest BCUT2D eigenvalue weighted by atomic mass is 10.2. The minimum absolute atomic E-state index is 0.535. The number of amides is 2. The molecule has 1 fully saturated rings. The molecule has 0 aromatic heterocycles. The van der Waals surface area contributed by atoms with Gasteiger partial charge in [0.15, 0.2) is 0 Å². The van der Waals surface area contributed by atoms with Crippen molar-refractivity contribution in [2.75, 3.05) is 32.7 Å². The Labute approximate surface area is 95.7 Å². The molecule has 1 rings (SSSR count). The largest absolute Gasteiger partial charge is 0.332 e. The molecule has 1 aliphatic heterocycles. The number of hydrazine groups is 1. The first-order valence-electron chi connectivity index (χ1n) is 5.56. The van der Waals surface area contributed by atoms with E-state index in [1.165, 1.54) is 0 Å². The average molecular weight is 228 g/mol. The first kappa shape index (κ1) is 12.9. The molecule has 1 aliphatic rings. The van der Waals surface area contributed by atoms with Crippen molar-refractivity contribution in [3.63, 3.8) is 0 Å². The maximum absolute atomic E-state index is 11.5. The van der Waals surface area contributed by atoms with Crippen LogP contribution in [0.4, 0.5) is 0 Å². The number of piperazine rings is 1. The Morgan fingerprint density at radius 3 is 2.25 bits per heavy atom. The minimum atomic E-state index is -0.739. The Morgan fingerprint density at radius 2 is 1.81 bits per heavy atom. The summed E-state index contributed by atoms with van der Waals surface area (Å²) in [7, 11) is 0. The van der Waals surface area contributed by atoms with E-state index in [4.69, 9.17) is 5.84 Å². The molecule has 92 valence electrons. The predicted molar refractivity (Wildman–Crippen MR) is 60.2 cm³/mol. The van der Waals surface area contributed by atoms with Crippen molar-refractivity contribution < 1.29 is 9.59 Å². The van der Waals surface area contributed by atoms with Crippen LogP contribution in [0.1, 0.15) is 13.8 Å². The van der Waals surface area contributed by atoms with Gasteiger partial charge in [-0.1, -0.05) is 13.8 Å². The van der Waals surface area contributed by atoms with Gasteiger partial charge in [-0.15, -0.1) is 0 Å². The van der Waals surface area contributed by atoms with E-state index in [1.807, 2.05) is 5.43 Å². The van der Waals surface area contributed by atoms with E-state index in [-0.39, 0.29) is 0 Å². The van der Waals surface area contributed by atoms with Crippen LogP contribution < -0.4 is 11.3 Å². The topological polar surface area (TPSA) is 78.7 Å². The Bertz CT molecular complexity index is 260. The molecule has 6 nitrogen and oxygen atoms in total. The molecule has 1 saturated heterocycles. The van der Waals surface area contributed by atoms with Crippen LogP contribution in [0.25, 0.3) is 0 Å². The lowest BCUT2D eigenvalue weighted by Crippen LogP contribution is -2.53. The molecule has 0 bridgehead atoms. The van der Waals surface area contributed by atoms with Gasteiger partial charge in [-0.05, 0) is 5.92 Å². The summed E-state index contributed by atoms with van der Waals surface area (Å²) in [5.74, 6) is 4.26. The zero-order valence-electron chi connectivity index (χ0n) is 9.90. The van der Waals surface area contributed by atoms with Gasteiger partial charge in [0.2, 0.25) is 0 Å². The molecule has 0 aliphatic carbocycles. The van der Waals surface area contributed by atoms with Gasteiger partial charge in [-0.3, -0.25) is 19.9 Å². The maximum Gasteiger partial charge on any atom is 0.323 e. The van der Waals surface area contributed by atoms with Crippen LogP contribution in [0.5, 0.6) is 0 Å². The van der Waals surface area contributed by atoms with Gasteiger partial charge in [0.05, 0.1) is 0 Å². The van der Waals surface area contributed by atoms with Crippen LogP contribution in [0.15, 0.2) is 0 Å². The van der Waals surface area contributed by atoms with Gasteiger partial charge in [0.25, 0.3) is 0 Å². The minimum Gasteiger partial charge on any atom is -0.332 e. The summed E-state index contributed by atoms with van der Waals surface area (Å²) in [5.41, 5.74) is 1.86. The summed E-state index contributed by atoms with van der Waals surface area (Å²) in [4.78, 5) is 26.3. The molecule has 0 saturated carbocycles. The molecule has 2 amide bonds. The normalized spacial score (nSPS) is 17.6. The highest BCUT2D eigenvalue weighted by Crippen LogP contribution is 2.05. The molecule has 0 radical (unpaired) electrons. The number of nitrogens with two attached hydrogens (primary N) is 1. The highest BCUT2D eigenvalue weighted by atomic mass is 16.2. The van der Waals surface area contributed by atoms with Crippen LogP contribution in [-0.2, 0) is 9.59 Å². The van der Waals surface area contributed by atoms with Gasteiger partial charge >= 0.3 is 11.8 Å². The smallest absolute Gasteiger partial charge is 0.323 e. The molecule has 16 heavy (non-hydrogen) atoms. The van der Waals surface area contributed by atoms with E-state index < -0.39 is 11.8 Å². The van der Waals surface area contributed by atoms with Crippen LogP contribution in [0.3, 0.4) is 0 Å². The van der Waals surface area contributed by atoms with Crippen molar-refractivity contribution in [1.82, 2.24) is 15.2 Å². The number of hydrogen-bond donors (Lipinski definition) is 2. The summed E-state index contributed by atoms with van der Waals surface area (Å²) in [6, 6.07) is 0. The third-order valence-corrected chi connectivity index (χ3v) is 2.61. The average Bonchev–Trinajstić information content (AvgIpc) is 2.27. The summed E-state index contributed by atoms with van der Waals surface area (Å²) < 4.78 is 0. The summed E-state index contributed by atoms with van der Waals surface area (Å²) in [6.07, 6.45) is 0. The zero-order valence-corrected chi connectivity index (χ0v) is 9.90. The van der Waals surface area contributed by atoms with Crippen molar-refractivity contribution in [1.29, 1.82) is 0 Å². The second-order valence-corrected chi connectivity index (χ2v) is 4.46. The molecule has 0 spiro atoms. The predicted octanol–water partition coefficient (Wildman–Crippen LogP) is -1.22. The highest BCUT2D eigenvalue weighted by molar-refractivity contribution is 6.34. The Hall–Kier alpha value is -1.14. The van der Waals surface area contributed by atoms with Crippen LogP contribution in [0, 0.1) is 5.92 Å². The quantitative estimate of drug-likeness (QED) is 0.269. The highest BCUT2D eigenvalue weighted by Gasteiger charge is 2.25. The fraction of sp³-hybridized carbons (Fsp3) is 0.800. The Kier molecular flexibility index (Phi) is 4.70. The molecule has 0 atom stereocenters. The number of carbonyl (C=O) groups is 2. The molecule has 0 aromatic rings. The van der Waals surface area contributed by atoms with Gasteiger partial charge in [-0.25, -0.2) is 5.84 Å². The van der Waals surface area contributed by atoms with Crippen LogP contribution in [0.2, 0.25) is 0 Å². The van der Waals surface area contributed by atoms with Gasteiger partial charge in [0, 0.05) is 32.7 Å². The van der Waals surface area contributed by atoms with E-state index in [1.54, 1.807) is 4.90 Å². The lowest BCUT2D eigenvalue weighted by Gasteiger charge is -2.34. The zero-order chi connectivity index (χ0) is 12.1. The van der Waals surface area contributed by atoms with Crippen LogP contribution in [-0.4, -0.2) is 54.3 Å². The first-order valence-corrected chi connectivity index (χ1v) is 5.56. The van der Waals surface area contributed by atoms with E-state index >= 15 is 0 Å². The number of nitrogens with one attached hydrogen (secondary N) is 1. The molecule has 0 unspecified atom stereocenters. The molecule has 1 heterocycles. The van der Waals surface area contributed by atoms with Crippen LogP contribution >= 0.6 is 0 Å². The third-order valence-electron chi connectivity index (χ3n) is 2.61. The van der Waals surface area contributed by atoms with E-state index in [2.05, 4.69) is 18.7 Å². The fourth-order valence-electron chi connectivity index (χ4n) is 1.86. The van der Waals surface area contributed by atoms with Crippen molar-refractivity contribution in [3.8, 4) is 0 Å². The lowest BCUT2D eigenvalue weighted by molar-refractivity contribution is -0.147. The number of carbonyl (C=O) groups excluding carboxylic acids is 2. The molecule has 0 aromatic carbocycles. The summed E-state index contributed by atoms with van der Waals surface area (Å²) in [5, 5.41) is 0. The van der Waals surface area contributed by atoms with Crippen molar-refractivity contribution in [2.24, 2.45) is 11.8 Å². The van der Waals surface area contributed by atoms with Gasteiger partial charge < -0.3 is 4.90 Å². The van der Waals surface area contributed by atoms with E-state index in [9.17, 15) is 9.59 Å². The number of hydrogen-bond acceptors (Lipinski definition) is 4. The molecule has 3 N–H and O–H groups in total. The van der Waals surface area contributed by atoms with Gasteiger partial charge in [-0.2, -0.15) is 0 Å². The Balaban J connectivity index is 2.37. The van der Waals surface area contributed by atoms with E-state index in [0.717, 1.165) is 19.6 Å². The SMILES string of the molecule is CC(C)CN1CCN(C(=O)C(=O)NN)CC1.